The van der Waals surface area contributed by atoms with Gasteiger partial charge in [-0.1, -0.05) is 30.3 Å². The zero-order valence-corrected chi connectivity index (χ0v) is 15.3. The van der Waals surface area contributed by atoms with Crippen LogP contribution in [0, 0.1) is 0 Å². The zero-order chi connectivity index (χ0) is 18.2. The summed E-state index contributed by atoms with van der Waals surface area (Å²) in [6, 6.07) is 17.2. The Balaban J connectivity index is 1.41. The lowest BCUT2D eigenvalue weighted by Gasteiger charge is -2.42. The number of carbonyl (C=O) groups is 1. The number of aromatic nitrogens is 2. The molecule has 27 heavy (non-hydrogen) atoms. The molecule has 1 atom stereocenters. The van der Waals surface area contributed by atoms with E-state index in [1.807, 2.05) is 24.3 Å². The third-order valence-corrected chi connectivity index (χ3v) is 5.82. The molecule has 5 nitrogen and oxygen atoms in total. The molecular weight excluding hydrogens is 336 g/mol. The molecule has 1 aliphatic carbocycles. The summed E-state index contributed by atoms with van der Waals surface area (Å²) in [4.78, 5) is 25.4. The van der Waals surface area contributed by atoms with Crippen LogP contribution >= 0.6 is 0 Å². The fourth-order valence-corrected chi connectivity index (χ4v) is 4.21. The van der Waals surface area contributed by atoms with Crippen LogP contribution < -0.4 is 0 Å². The minimum absolute atomic E-state index is 0.128. The van der Waals surface area contributed by atoms with Crippen molar-refractivity contribution in [3.05, 3.63) is 66.0 Å². The molecule has 5 heteroatoms. The summed E-state index contributed by atoms with van der Waals surface area (Å²) in [6.07, 6.45) is 5.19. The van der Waals surface area contributed by atoms with Crippen LogP contribution in [-0.2, 0) is 6.42 Å². The Bertz CT molecular complexity index is 947. The van der Waals surface area contributed by atoms with E-state index < -0.39 is 0 Å². The summed E-state index contributed by atoms with van der Waals surface area (Å²) in [7, 11) is 0. The van der Waals surface area contributed by atoms with Gasteiger partial charge in [0.2, 0.25) is 0 Å². The molecule has 2 aliphatic rings. The lowest BCUT2D eigenvalue weighted by atomic mass is 10.0. The van der Waals surface area contributed by atoms with Crippen LogP contribution in [0.5, 0.6) is 0 Å². The lowest BCUT2D eigenvalue weighted by Crippen LogP contribution is -2.56. The minimum Gasteiger partial charge on any atom is -0.345 e. The van der Waals surface area contributed by atoms with Crippen molar-refractivity contribution in [3.63, 3.8) is 0 Å². The maximum atomic E-state index is 13.3. The van der Waals surface area contributed by atoms with Crippen molar-refractivity contribution in [1.82, 2.24) is 19.8 Å². The SMILES string of the molecule is O=C(c1ccc2nc[nH]c2c1)N1CCN(C2CC2)CC1Cc1ccccc1. The van der Waals surface area contributed by atoms with Gasteiger partial charge in [-0.15, -0.1) is 0 Å². The number of imidazole rings is 1. The quantitative estimate of drug-likeness (QED) is 0.778. The molecule has 1 saturated heterocycles. The van der Waals surface area contributed by atoms with Gasteiger partial charge in [-0.2, -0.15) is 0 Å². The molecule has 1 unspecified atom stereocenters. The van der Waals surface area contributed by atoms with Gasteiger partial charge in [-0.25, -0.2) is 4.98 Å². The normalized spacial score (nSPS) is 20.9. The number of hydrogen-bond donors (Lipinski definition) is 1. The summed E-state index contributed by atoms with van der Waals surface area (Å²) in [5.41, 5.74) is 3.84. The highest BCUT2D eigenvalue weighted by atomic mass is 16.2. The average Bonchev–Trinajstić information content (AvgIpc) is 3.45. The molecule has 1 aliphatic heterocycles. The average molecular weight is 360 g/mol. The van der Waals surface area contributed by atoms with E-state index >= 15 is 0 Å². The predicted molar refractivity (Wildman–Crippen MR) is 106 cm³/mol. The van der Waals surface area contributed by atoms with Crippen LogP contribution in [0.2, 0.25) is 0 Å². The second-order valence-electron chi connectivity index (χ2n) is 7.70. The molecule has 138 valence electrons. The highest BCUT2D eigenvalue weighted by Crippen LogP contribution is 2.30. The zero-order valence-electron chi connectivity index (χ0n) is 15.3. The lowest BCUT2D eigenvalue weighted by molar-refractivity contribution is 0.0437. The van der Waals surface area contributed by atoms with Gasteiger partial charge in [0.05, 0.1) is 17.4 Å². The number of H-pyrrole nitrogens is 1. The molecule has 2 heterocycles. The van der Waals surface area contributed by atoms with E-state index in [9.17, 15) is 4.79 Å². The number of piperazine rings is 1. The number of carbonyl (C=O) groups excluding carboxylic acids is 1. The van der Waals surface area contributed by atoms with E-state index in [0.29, 0.717) is 0 Å². The van der Waals surface area contributed by atoms with Gasteiger partial charge in [-0.3, -0.25) is 9.69 Å². The number of rotatable bonds is 4. The maximum absolute atomic E-state index is 13.3. The van der Waals surface area contributed by atoms with E-state index in [-0.39, 0.29) is 11.9 Å². The standard InChI is InChI=1S/C22H24N4O/c27-22(17-6-9-20-21(13-17)24-15-23-20)26-11-10-25(18-7-8-18)14-19(26)12-16-4-2-1-3-5-16/h1-6,9,13,15,18-19H,7-8,10-12,14H2,(H,23,24). The maximum Gasteiger partial charge on any atom is 0.254 e. The smallest absolute Gasteiger partial charge is 0.254 e. The first-order valence-electron chi connectivity index (χ1n) is 9.80. The van der Waals surface area contributed by atoms with Crippen molar-refractivity contribution in [3.8, 4) is 0 Å². The second-order valence-corrected chi connectivity index (χ2v) is 7.70. The Morgan fingerprint density at radius 1 is 1.11 bits per heavy atom. The molecule has 0 spiro atoms. The summed E-state index contributed by atoms with van der Waals surface area (Å²) in [5, 5.41) is 0. The third-order valence-electron chi connectivity index (χ3n) is 5.82. The van der Waals surface area contributed by atoms with Gasteiger partial charge in [-0.05, 0) is 43.0 Å². The second kappa shape index (κ2) is 6.82. The number of fused-ring (bicyclic) bond motifs is 1. The van der Waals surface area contributed by atoms with E-state index in [2.05, 4.69) is 44.0 Å². The highest BCUT2D eigenvalue weighted by Gasteiger charge is 2.37. The molecule has 1 N–H and O–H groups in total. The highest BCUT2D eigenvalue weighted by molar-refractivity contribution is 5.97. The predicted octanol–water partition coefficient (Wildman–Crippen LogP) is 3.09. The van der Waals surface area contributed by atoms with Crippen molar-refractivity contribution >= 4 is 16.9 Å². The first kappa shape index (κ1) is 16.5. The monoisotopic (exact) mass is 360 g/mol. The van der Waals surface area contributed by atoms with Crippen molar-refractivity contribution < 1.29 is 4.79 Å². The Labute approximate surface area is 159 Å². The number of amides is 1. The van der Waals surface area contributed by atoms with E-state index in [1.54, 1.807) is 6.33 Å². The Kier molecular flexibility index (Phi) is 4.17. The number of nitrogens with zero attached hydrogens (tertiary/aromatic N) is 3. The fourth-order valence-electron chi connectivity index (χ4n) is 4.21. The molecule has 1 aromatic heterocycles. The Morgan fingerprint density at radius 2 is 1.96 bits per heavy atom. The van der Waals surface area contributed by atoms with E-state index in [4.69, 9.17) is 0 Å². The van der Waals surface area contributed by atoms with E-state index in [1.165, 1.54) is 18.4 Å². The van der Waals surface area contributed by atoms with Gasteiger partial charge in [0, 0.05) is 37.3 Å². The summed E-state index contributed by atoms with van der Waals surface area (Å²) in [6.45, 7) is 2.75. The van der Waals surface area contributed by atoms with Crippen molar-refractivity contribution in [2.45, 2.75) is 31.3 Å². The van der Waals surface area contributed by atoms with E-state index in [0.717, 1.165) is 48.7 Å². The van der Waals surface area contributed by atoms with Crippen LogP contribution in [0.1, 0.15) is 28.8 Å². The van der Waals surface area contributed by atoms with Gasteiger partial charge in [0.1, 0.15) is 0 Å². The van der Waals surface area contributed by atoms with Crippen molar-refractivity contribution in [2.75, 3.05) is 19.6 Å². The fraction of sp³-hybridized carbons (Fsp3) is 0.364. The molecule has 0 radical (unpaired) electrons. The molecule has 2 fully saturated rings. The largest absolute Gasteiger partial charge is 0.345 e. The number of benzene rings is 2. The molecule has 1 amide bonds. The molecule has 0 bridgehead atoms. The van der Waals surface area contributed by atoms with Crippen molar-refractivity contribution in [1.29, 1.82) is 0 Å². The molecule has 1 saturated carbocycles. The number of hydrogen-bond acceptors (Lipinski definition) is 3. The minimum atomic E-state index is 0.128. The number of nitrogens with one attached hydrogen (secondary N) is 1. The van der Waals surface area contributed by atoms with Crippen LogP contribution in [0.15, 0.2) is 54.9 Å². The Hall–Kier alpha value is -2.66. The van der Waals surface area contributed by atoms with Crippen molar-refractivity contribution in [2.24, 2.45) is 0 Å². The Morgan fingerprint density at radius 3 is 2.78 bits per heavy atom. The molecule has 2 aromatic carbocycles. The first-order chi connectivity index (χ1) is 13.3. The van der Waals surface area contributed by atoms with Gasteiger partial charge < -0.3 is 9.88 Å². The summed E-state index contributed by atoms with van der Waals surface area (Å²) in [5.74, 6) is 0.128. The third kappa shape index (κ3) is 3.35. The van der Waals surface area contributed by atoms with Crippen LogP contribution in [0.3, 0.4) is 0 Å². The summed E-state index contributed by atoms with van der Waals surface area (Å²) < 4.78 is 0. The van der Waals surface area contributed by atoms with Gasteiger partial charge in [0.15, 0.2) is 0 Å². The van der Waals surface area contributed by atoms with Gasteiger partial charge >= 0.3 is 0 Å². The number of aromatic amines is 1. The first-order valence-corrected chi connectivity index (χ1v) is 9.80. The van der Waals surface area contributed by atoms with Crippen LogP contribution in [0.4, 0.5) is 0 Å². The van der Waals surface area contributed by atoms with Gasteiger partial charge in [0.25, 0.3) is 5.91 Å². The topological polar surface area (TPSA) is 52.2 Å². The summed E-state index contributed by atoms with van der Waals surface area (Å²) >= 11 is 0. The molecule has 5 rings (SSSR count). The van der Waals surface area contributed by atoms with Crippen LogP contribution in [-0.4, -0.2) is 57.4 Å². The molecule has 3 aromatic rings. The molecular formula is C22H24N4O. The van der Waals surface area contributed by atoms with Crippen LogP contribution in [0.25, 0.3) is 11.0 Å².